The lowest BCUT2D eigenvalue weighted by Crippen LogP contribution is -2.47. The van der Waals surface area contributed by atoms with Gasteiger partial charge in [0.15, 0.2) is 0 Å². The molecule has 0 saturated heterocycles. The van der Waals surface area contributed by atoms with Gasteiger partial charge >= 0.3 is 5.97 Å². The number of rotatable bonds is 11. The Morgan fingerprint density at radius 3 is 2.54 bits per heavy atom. The molecule has 1 aliphatic rings. The van der Waals surface area contributed by atoms with Crippen molar-refractivity contribution in [1.82, 2.24) is 15.2 Å². The number of likely N-dealkylation sites (N-methyl/N-ethyl adjacent to an activating group) is 1. The van der Waals surface area contributed by atoms with E-state index >= 15 is 0 Å². The number of ether oxygens (including phenoxy) is 1. The maximum Gasteiger partial charge on any atom is 0.326 e. The SMILES string of the molecule is CCOC(CNC(=O)c1c(C)[nH]c(/C=C2\C(=O)Nc3ccc(F)cc32)c1C)CC(=O)N(C)C(C(=O)O)C(C)C. The zero-order valence-electron chi connectivity index (χ0n) is 23.0. The number of anilines is 1. The summed E-state index contributed by atoms with van der Waals surface area (Å²) < 4.78 is 19.5. The smallest absolute Gasteiger partial charge is 0.326 e. The molecule has 2 aromatic rings. The van der Waals surface area contributed by atoms with Gasteiger partial charge in [-0.05, 0) is 56.5 Å². The molecule has 1 aromatic carbocycles. The molecule has 11 heteroatoms. The second-order valence-electron chi connectivity index (χ2n) is 9.89. The van der Waals surface area contributed by atoms with E-state index in [2.05, 4.69) is 15.6 Å². The van der Waals surface area contributed by atoms with Crippen molar-refractivity contribution in [2.45, 2.75) is 53.2 Å². The fourth-order valence-corrected chi connectivity index (χ4v) is 4.82. The van der Waals surface area contributed by atoms with E-state index in [-0.39, 0.29) is 30.4 Å². The quantitative estimate of drug-likeness (QED) is 0.321. The van der Waals surface area contributed by atoms with E-state index in [4.69, 9.17) is 4.74 Å². The molecule has 0 aliphatic carbocycles. The molecule has 3 rings (SSSR count). The third-order valence-corrected chi connectivity index (χ3v) is 6.75. The molecule has 1 aliphatic heterocycles. The number of halogens is 1. The monoisotopic (exact) mass is 542 g/mol. The Kier molecular flexibility index (Phi) is 9.28. The molecule has 3 amide bonds. The van der Waals surface area contributed by atoms with Gasteiger partial charge in [0.1, 0.15) is 11.9 Å². The standard InChI is InChI=1S/C28H35FN4O6/c1-7-39-18(11-23(34)33(6)25(14(2)3)28(37)38)13-30-27(36)24-15(4)22(31-16(24)5)12-20-19-10-17(29)8-9-21(19)32-26(20)35/h8-10,12,14,18,25,31H,7,11,13H2,1-6H3,(H,30,36)(H,32,35)(H,37,38)/b20-12-. The fraction of sp³-hybridized carbons (Fsp3) is 0.429. The molecule has 10 nitrogen and oxygen atoms in total. The molecule has 0 radical (unpaired) electrons. The number of nitrogens with one attached hydrogen (secondary N) is 3. The summed E-state index contributed by atoms with van der Waals surface area (Å²) in [5, 5.41) is 15.0. The van der Waals surface area contributed by atoms with E-state index in [9.17, 15) is 28.7 Å². The van der Waals surface area contributed by atoms with Crippen molar-refractivity contribution in [3.63, 3.8) is 0 Å². The van der Waals surface area contributed by atoms with Crippen LogP contribution in [-0.4, -0.2) is 71.0 Å². The molecule has 0 bridgehead atoms. The summed E-state index contributed by atoms with van der Waals surface area (Å²) in [7, 11) is 1.45. The predicted molar refractivity (Wildman–Crippen MR) is 145 cm³/mol. The molecule has 0 saturated carbocycles. The maximum absolute atomic E-state index is 13.8. The number of aryl methyl sites for hydroxylation is 1. The summed E-state index contributed by atoms with van der Waals surface area (Å²) in [6.07, 6.45) is 0.824. The average Bonchev–Trinajstić information content (AvgIpc) is 3.31. The van der Waals surface area contributed by atoms with Crippen LogP contribution >= 0.6 is 0 Å². The number of H-pyrrole nitrogens is 1. The van der Waals surface area contributed by atoms with E-state index < -0.39 is 35.7 Å². The van der Waals surface area contributed by atoms with E-state index in [1.807, 2.05) is 0 Å². The number of carboxylic acid groups (broad SMARTS) is 1. The minimum Gasteiger partial charge on any atom is -0.480 e. The van der Waals surface area contributed by atoms with Gasteiger partial charge in [-0.3, -0.25) is 14.4 Å². The van der Waals surface area contributed by atoms with Crippen molar-refractivity contribution in [3.8, 4) is 0 Å². The van der Waals surface area contributed by atoms with Gasteiger partial charge in [0.25, 0.3) is 11.8 Å². The highest BCUT2D eigenvalue weighted by molar-refractivity contribution is 6.34. The summed E-state index contributed by atoms with van der Waals surface area (Å²) in [5.41, 5.74) is 3.31. The van der Waals surface area contributed by atoms with Crippen LogP contribution in [0.1, 0.15) is 60.1 Å². The molecule has 1 aromatic heterocycles. The van der Waals surface area contributed by atoms with Crippen molar-refractivity contribution in [2.75, 3.05) is 25.5 Å². The van der Waals surface area contributed by atoms with Gasteiger partial charge in [0.2, 0.25) is 5.91 Å². The van der Waals surface area contributed by atoms with Crippen LogP contribution in [0.15, 0.2) is 18.2 Å². The molecular weight excluding hydrogens is 507 g/mol. The number of hydrogen-bond donors (Lipinski definition) is 4. The van der Waals surface area contributed by atoms with E-state index in [0.29, 0.717) is 40.4 Å². The minimum absolute atomic E-state index is 0.0290. The summed E-state index contributed by atoms with van der Waals surface area (Å²) in [6.45, 7) is 9.01. The van der Waals surface area contributed by atoms with E-state index in [1.54, 1.807) is 40.7 Å². The van der Waals surface area contributed by atoms with Crippen molar-refractivity contribution >= 4 is 41.0 Å². The number of carbonyl (C=O) groups excluding carboxylic acids is 3. The van der Waals surface area contributed by atoms with E-state index in [1.165, 1.54) is 30.1 Å². The number of nitrogens with zero attached hydrogens (tertiary/aromatic N) is 1. The fourth-order valence-electron chi connectivity index (χ4n) is 4.82. The molecule has 2 atom stereocenters. The van der Waals surface area contributed by atoms with Gasteiger partial charge in [0.05, 0.1) is 23.7 Å². The van der Waals surface area contributed by atoms with Gasteiger partial charge in [-0.2, -0.15) is 0 Å². The van der Waals surface area contributed by atoms with Gasteiger partial charge in [-0.1, -0.05) is 13.8 Å². The zero-order valence-corrected chi connectivity index (χ0v) is 23.0. The van der Waals surface area contributed by atoms with Crippen LogP contribution in [0.3, 0.4) is 0 Å². The lowest BCUT2D eigenvalue weighted by atomic mass is 10.0. The third-order valence-electron chi connectivity index (χ3n) is 6.75. The number of aromatic amines is 1. The first-order valence-corrected chi connectivity index (χ1v) is 12.8. The minimum atomic E-state index is -1.09. The number of aromatic nitrogens is 1. The van der Waals surface area contributed by atoms with Crippen molar-refractivity contribution in [2.24, 2.45) is 5.92 Å². The van der Waals surface area contributed by atoms with Gasteiger partial charge < -0.3 is 30.4 Å². The first-order chi connectivity index (χ1) is 18.3. The lowest BCUT2D eigenvalue weighted by Gasteiger charge is -2.29. The van der Waals surface area contributed by atoms with Crippen molar-refractivity contribution < 1.29 is 33.4 Å². The summed E-state index contributed by atoms with van der Waals surface area (Å²) in [6, 6.07) is 3.07. The Bertz CT molecular complexity index is 1320. The van der Waals surface area contributed by atoms with Crippen LogP contribution in [0.2, 0.25) is 0 Å². The third kappa shape index (κ3) is 6.54. The van der Waals surface area contributed by atoms with Crippen LogP contribution in [0, 0.1) is 25.6 Å². The van der Waals surface area contributed by atoms with Gasteiger partial charge in [-0.15, -0.1) is 0 Å². The summed E-state index contributed by atoms with van der Waals surface area (Å²) in [4.78, 5) is 54.4. The molecule has 0 fully saturated rings. The summed E-state index contributed by atoms with van der Waals surface area (Å²) >= 11 is 0. The van der Waals surface area contributed by atoms with Crippen LogP contribution in [0.4, 0.5) is 10.1 Å². The number of carbonyl (C=O) groups is 4. The number of hydrogen-bond acceptors (Lipinski definition) is 5. The largest absolute Gasteiger partial charge is 0.480 e. The number of fused-ring (bicyclic) bond motifs is 1. The van der Waals surface area contributed by atoms with Crippen LogP contribution < -0.4 is 10.6 Å². The number of amides is 3. The Morgan fingerprint density at radius 2 is 1.92 bits per heavy atom. The number of carboxylic acids is 1. The average molecular weight is 543 g/mol. The predicted octanol–water partition coefficient (Wildman–Crippen LogP) is 3.36. The normalized spacial score (nSPS) is 15.2. The molecule has 0 spiro atoms. The molecule has 2 heterocycles. The Balaban J connectivity index is 1.75. The Morgan fingerprint density at radius 1 is 1.23 bits per heavy atom. The lowest BCUT2D eigenvalue weighted by molar-refractivity contribution is -0.152. The zero-order chi connectivity index (χ0) is 29.0. The molecule has 210 valence electrons. The molecule has 2 unspecified atom stereocenters. The maximum atomic E-state index is 13.8. The molecular formula is C28H35FN4O6. The van der Waals surface area contributed by atoms with Crippen LogP contribution in [0.25, 0.3) is 11.6 Å². The van der Waals surface area contributed by atoms with Crippen LogP contribution in [-0.2, 0) is 19.1 Å². The van der Waals surface area contributed by atoms with Crippen molar-refractivity contribution in [1.29, 1.82) is 0 Å². The Labute approximate surface area is 226 Å². The van der Waals surface area contributed by atoms with E-state index in [0.717, 1.165) is 0 Å². The van der Waals surface area contributed by atoms with Crippen molar-refractivity contribution in [3.05, 3.63) is 52.1 Å². The highest BCUT2D eigenvalue weighted by atomic mass is 19.1. The number of benzene rings is 1. The van der Waals surface area contributed by atoms with Gasteiger partial charge in [0, 0.05) is 42.8 Å². The topological polar surface area (TPSA) is 141 Å². The second-order valence-corrected chi connectivity index (χ2v) is 9.89. The first kappa shape index (κ1) is 29.6. The molecule has 39 heavy (non-hydrogen) atoms. The summed E-state index contributed by atoms with van der Waals surface area (Å²) in [5.74, 6) is -3.01. The van der Waals surface area contributed by atoms with Crippen LogP contribution in [0.5, 0.6) is 0 Å². The first-order valence-electron chi connectivity index (χ1n) is 12.8. The highest BCUT2D eigenvalue weighted by Crippen LogP contribution is 2.34. The molecule has 4 N–H and O–H groups in total. The number of aliphatic carboxylic acids is 1. The second kappa shape index (κ2) is 12.2. The van der Waals surface area contributed by atoms with Gasteiger partial charge in [-0.25, -0.2) is 9.18 Å². The highest BCUT2D eigenvalue weighted by Gasteiger charge is 2.31. The Hall–Kier alpha value is -3.99.